The van der Waals surface area contributed by atoms with Gasteiger partial charge in [0, 0.05) is 24.3 Å². The number of halogens is 3. The summed E-state index contributed by atoms with van der Waals surface area (Å²) in [7, 11) is 0. The van der Waals surface area contributed by atoms with Gasteiger partial charge in [-0.05, 0) is 55.0 Å². The fourth-order valence-electron chi connectivity index (χ4n) is 4.44. The number of carbonyl (C=O) groups excluding carboxylic acids is 2. The molecule has 7 nitrogen and oxygen atoms in total. The molecule has 0 saturated carbocycles. The number of rotatable bonds is 3. The third-order valence-corrected chi connectivity index (χ3v) is 6.48. The maximum absolute atomic E-state index is 13.6. The first-order valence-electron chi connectivity index (χ1n) is 11.9. The number of benzodiazepines with no additional fused rings is 1. The second kappa shape index (κ2) is 9.83. The van der Waals surface area contributed by atoms with E-state index in [9.17, 15) is 22.8 Å². The number of hydrogen-bond donors (Lipinski definition) is 2. The molecule has 1 atom stereocenters. The summed E-state index contributed by atoms with van der Waals surface area (Å²) in [6.45, 7) is 5.98. The van der Waals surface area contributed by atoms with E-state index in [2.05, 4.69) is 29.5 Å². The van der Waals surface area contributed by atoms with Crippen LogP contribution in [-0.2, 0) is 4.79 Å². The lowest BCUT2D eigenvalue weighted by molar-refractivity contribution is -0.133. The minimum Gasteiger partial charge on any atom is -0.356 e. The van der Waals surface area contributed by atoms with Gasteiger partial charge >= 0.3 is 12.2 Å². The van der Waals surface area contributed by atoms with Crippen LogP contribution in [0.2, 0.25) is 0 Å². The van der Waals surface area contributed by atoms with E-state index in [1.807, 2.05) is 17.9 Å². The fourth-order valence-corrected chi connectivity index (χ4v) is 4.44. The predicted molar refractivity (Wildman–Crippen MR) is 133 cm³/mol. The smallest absolute Gasteiger partial charge is 0.356 e. The lowest BCUT2D eigenvalue weighted by Gasteiger charge is -2.39. The molecule has 2 N–H and O–H groups in total. The van der Waals surface area contributed by atoms with Gasteiger partial charge in [-0.15, -0.1) is 0 Å². The quantitative estimate of drug-likeness (QED) is 0.627. The first-order chi connectivity index (χ1) is 16.9. The Morgan fingerprint density at radius 2 is 1.81 bits per heavy atom. The summed E-state index contributed by atoms with van der Waals surface area (Å²) in [6.07, 6.45) is -4.45. The number of anilines is 2. The number of nitrogens with zero attached hydrogens (tertiary/aromatic N) is 3. The number of likely N-dealkylation sites (tertiary alicyclic amines) is 1. The minimum atomic E-state index is -4.64. The van der Waals surface area contributed by atoms with Crippen molar-refractivity contribution >= 4 is 29.1 Å². The first-order valence-corrected chi connectivity index (χ1v) is 11.9. The van der Waals surface area contributed by atoms with Crippen molar-refractivity contribution in [2.75, 3.05) is 29.9 Å². The van der Waals surface area contributed by atoms with Crippen LogP contribution in [0.25, 0.3) is 0 Å². The van der Waals surface area contributed by atoms with E-state index in [0.717, 1.165) is 18.4 Å². The Hall–Kier alpha value is -3.56. The number of amidine groups is 1. The number of aliphatic imine (C=N–C) groups is 1. The number of aryl methyl sites for hydroxylation is 1. The molecule has 1 unspecified atom stereocenters. The lowest BCUT2D eigenvalue weighted by Crippen LogP contribution is -2.51. The highest BCUT2D eigenvalue weighted by molar-refractivity contribution is 6.12. The fraction of sp³-hybridized carbons (Fsp3) is 0.423. The van der Waals surface area contributed by atoms with Gasteiger partial charge in [0.25, 0.3) is 5.91 Å². The van der Waals surface area contributed by atoms with Gasteiger partial charge in [0.2, 0.25) is 6.17 Å². The number of hydrogen-bond acceptors (Lipinski definition) is 4. The van der Waals surface area contributed by atoms with Crippen LogP contribution in [0.4, 0.5) is 29.3 Å². The summed E-state index contributed by atoms with van der Waals surface area (Å²) in [5.74, 6) is -0.550. The predicted octanol–water partition coefficient (Wildman–Crippen LogP) is 4.92. The summed E-state index contributed by atoms with van der Waals surface area (Å²) in [5.41, 5.74) is 2.08. The lowest BCUT2D eigenvalue weighted by atomic mass is 9.82. The molecule has 2 aromatic carbocycles. The first kappa shape index (κ1) is 25.5. The maximum Gasteiger partial charge on any atom is 0.406 e. The van der Waals surface area contributed by atoms with Crippen molar-refractivity contribution in [3.05, 3.63) is 59.7 Å². The van der Waals surface area contributed by atoms with Crippen LogP contribution in [0.15, 0.2) is 53.5 Å². The minimum absolute atomic E-state index is 0.117. The molecule has 3 amide bonds. The van der Waals surface area contributed by atoms with Gasteiger partial charge in [0.05, 0.1) is 5.69 Å². The zero-order chi connectivity index (χ0) is 26.1. The number of carbonyl (C=O) groups is 2. The molecule has 0 bridgehead atoms. The molecule has 2 aromatic rings. The maximum atomic E-state index is 13.6. The van der Waals surface area contributed by atoms with Crippen LogP contribution in [-0.4, -0.2) is 54.7 Å². The molecular formula is C26H30F3N5O2. The van der Waals surface area contributed by atoms with E-state index < -0.39 is 30.8 Å². The van der Waals surface area contributed by atoms with Crippen molar-refractivity contribution in [2.24, 2.45) is 10.4 Å². The normalized spacial score (nSPS) is 19.8. The topological polar surface area (TPSA) is 77.0 Å². The Morgan fingerprint density at radius 3 is 2.47 bits per heavy atom. The van der Waals surface area contributed by atoms with Crippen LogP contribution >= 0.6 is 0 Å². The molecule has 36 heavy (non-hydrogen) atoms. The van der Waals surface area contributed by atoms with Gasteiger partial charge in [0.1, 0.15) is 12.4 Å². The number of alkyl halides is 3. The number of para-hydroxylation sites is 1. The Kier molecular flexibility index (Phi) is 6.97. The van der Waals surface area contributed by atoms with Crippen molar-refractivity contribution in [3.8, 4) is 0 Å². The number of amides is 3. The van der Waals surface area contributed by atoms with Crippen molar-refractivity contribution in [2.45, 2.75) is 46.0 Å². The van der Waals surface area contributed by atoms with Crippen molar-refractivity contribution in [1.82, 2.24) is 10.2 Å². The largest absolute Gasteiger partial charge is 0.406 e. The number of fused-ring (bicyclic) bond motifs is 1. The molecule has 0 radical (unpaired) electrons. The second-order valence-corrected chi connectivity index (χ2v) is 10.0. The molecule has 1 fully saturated rings. The molecule has 1 saturated heterocycles. The average Bonchev–Trinajstić information content (AvgIpc) is 2.89. The van der Waals surface area contributed by atoms with Gasteiger partial charge < -0.3 is 15.5 Å². The van der Waals surface area contributed by atoms with E-state index in [-0.39, 0.29) is 11.1 Å². The van der Waals surface area contributed by atoms with Gasteiger partial charge in [-0.1, -0.05) is 38.1 Å². The summed E-state index contributed by atoms with van der Waals surface area (Å²) < 4.78 is 40.7. The summed E-state index contributed by atoms with van der Waals surface area (Å²) in [5, 5.41) is 5.12. The molecular weight excluding hydrogens is 471 g/mol. The van der Waals surface area contributed by atoms with E-state index in [0.29, 0.717) is 35.1 Å². The van der Waals surface area contributed by atoms with E-state index in [1.54, 1.807) is 36.4 Å². The molecule has 4 rings (SSSR count). The molecule has 0 spiro atoms. The van der Waals surface area contributed by atoms with Gasteiger partial charge in [-0.25, -0.2) is 9.79 Å². The molecule has 2 aliphatic rings. The highest BCUT2D eigenvalue weighted by atomic mass is 19.4. The van der Waals surface area contributed by atoms with Gasteiger partial charge in [0.15, 0.2) is 0 Å². The van der Waals surface area contributed by atoms with E-state index >= 15 is 0 Å². The Balaban J connectivity index is 1.70. The van der Waals surface area contributed by atoms with Crippen molar-refractivity contribution in [1.29, 1.82) is 0 Å². The van der Waals surface area contributed by atoms with Crippen molar-refractivity contribution < 1.29 is 22.8 Å². The number of nitrogens with one attached hydrogen (secondary N) is 2. The SMILES string of the molecule is Cc1cccc(NC(=O)NC2N=C(N3CCC(C)(C)CC3)c3ccccc3N(CC(F)(F)F)C2=O)c1. The van der Waals surface area contributed by atoms with Gasteiger partial charge in [-0.3, -0.25) is 9.69 Å². The zero-order valence-electron chi connectivity index (χ0n) is 20.5. The van der Waals surface area contributed by atoms with E-state index in [1.165, 1.54) is 6.07 Å². The van der Waals surface area contributed by atoms with Crippen LogP contribution in [0.5, 0.6) is 0 Å². The van der Waals surface area contributed by atoms with Crippen LogP contribution in [0.3, 0.4) is 0 Å². The van der Waals surface area contributed by atoms with Crippen LogP contribution in [0, 0.1) is 12.3 Å². The Bertz CT molecular complexity index is 1170. The molecule has 0 aliphatic carbocycles. The monoisotopic (exact) mass is 501 g/mol. The Morgan fingerprint density at radius 1 is 1.11 bits per heavy atom. The third-order valence-electron chi connectivity index (χ3n) is 6.48. The number of urea groups is 1. The zero-order valence-corrected chi connectivity index (χ0v) is 20.5. The summed E-state index contributed by atoms with van der Waals surface area (Å²) in [4.78, 5) is 33.4. The standard InChI is InChI=1S/C26H30F3N5O2/c1-17-7-6-8-18(15-17)30-24(36)32-21-23(35)34(16-26(27,28)29)20-10-5-4-9-19(20)22(31-21)33-13-11-25(2,3)12-14-33/h4-10,15,21H,11-14,16H2,1-3H3,(H2,30,32,36). The van der Waals surface area contributed by atoms with Crippen molar-refractivity contribution in [3.63, 3.8) is 0 Å². The van der Waals surface area contributed by atoms with Crippen LogP contribution in [0.1, 0.15) is 37.8 Å². The average molecular weight is 502 g/mol. The Labute approximate surface area is 208 Å². The highest BCUT2D eigenvalue weighted by Gasteiger charge is 2.41. The summed E-state index contributed by atoms with van der Waals surface area (Å²) >= 11 is 0. The highest BCUT2D eigenvalue weighted by Crippen LogP contribution is 2.34. The third kappa shape index (κ3) is 5.98. The molecule has 192 valence electrons. The van der Waals surface area contributed by atoms with E-state index in [4.69, 9.17) is 0 Å². The van der Waals surface area contributed by atoms with Crippen LogP contribution < -0.4 is 15.5 Å². The molecule has 2 heterocycles. The molecule has 0 aromatic heterocycles. The van der Waals surface area contributed by atoms with Gasteiger partial charge in [-0.2, -0.15) is 13.2 Å². The summed E-state index contributed by atoms with van der Waals surface area (Å²) in [6, 6.07) is 12.7. The second-order valence-electron chi connectivity index (χ2n) is 10.0. The molecule has 10 heteroatoms. The molecule has 2 aliphatic heterocycles. The number of piperidine rings is 1. The number of benzene rings is 2.